The number of ether oxygens (including phenoxy) is 1. The summed E-state index contributed by atoms with van der Waals surface area (Å²) in [6.07, 6.45) is 11.8. The highest BCUT2D eigenvalue weighted by Gasteiger charge is 2.72. The molecule has 0 amide bonds. The molecule has 0 aromatic heterocycles. The quantitative estimate of drug-likeness (QED) is 0.609. The molecular weight excluding hydrogens is 384 g/mol. The Bertz CT molecular complexity index is 833. The van der Waals surface area contributed by atoms with E-state index in [0.717, 1.165) is 32.1 Å². The largest absolute Gasteiger partial charge is 0.458 e. The van der Waals surface area contributed by atoms with Crippen molar-refractivity contribution in [1.29, 1.82) is 0 Å². The number of nitrogens with zero attached hydrogens (tertiary/aromatic N) is 1. The molecule has 4 heteroatoms. The molecule has 1 saturated heterocycles. The van der Waals surface area contributed by atoms with Crippen molar-refractivity contribution in [2.45, 2.75) is 96.6 Å². The number of aliphatic imine (C=N–C) groups is 1. The van der Waals surface area contributed by atoms with E-state index in [-0.39, 0.29) is 22.5 Å². The van der Waals surface area contributed by atoms with Crippen LogP contribution >= 0.6 is 0 Å². The first-order valence-electron chi connectivity index (χ1n) is 12.9. The molecule has 4 aliphatic carbocycles. The lowest BCUT2D eigenvalue weighted by molar-refractivity contribution is -0.174. The minimum Gasteiger partial charge on any atom is -0.458 e. The van der Waals surface area contributed by atoms with Gasteiger partial charge in [0.15, 0.2) is 0 Å². The van der Waals surface area contributed by atoms with Crippen LogP contribution in [-0.4, -0.2) is 29.9 Å². The molecule has 4 nitrogen and oxygen atoms in total. The molecule has 2 N–H and O–H groups in total. The van der Waals surface area contributed by atoms with Crippen molar-refractivity contribution in [3.05, 3.63) is 11.6 Å². The number of fused-ring (bicyclic) bond motifs is 6. The van der Waals surface area contributed by atoms with Gasteiger partial charge in [-0.05, 0) is 85.7 Å². The molecule has 9 atom stereocenters. The van der Waals surface area contributed by atoms with Crippen molar-refractivity contribution < 1.29 is 9.53 Å². The van der Waals surface area contributed by atoms with Crippen molar-refractivity contribution in [2.75, 3.05) is 7.05 Å². The molecule has 1 spiro atoms. The van der Waals surface area contributed by atoms with Crippen LogP contribution in [0.5, 0.6) is 0 Å². The molecule has 0 bridgehead atoms. The molecular formula is C27H42N2O2. The maximum atomic E-state index is 12.4. The number of rotatable bonds is 2. The van der Waals surface area contributed by atoms with E-state index in [1.807, 2.05) is 7.05 Å². The van der Waals surface area contributed by atoms with Crippen molar-refractivity contribution in [3.8, 4) is 0 Å². The van der Waals surface area contributed by atoms with Crippen LogP contribution in [0.4, 0.5) is 0 Å². The molecule has 31 heavy (non-hydrogen) atoms. The Hall–Kier alpha value is -1.16. The smallest absolute Gasteiger partial charge is 0.306 e. The van der Waals surface area contributed by atoms with Gasteiger partial charge in [-0.25, -0.2) is 0 Å². The molecule has 0 radical (unpaired) electrons. The highest BCUT2D eigenvalue weighted by Crippen LogP contribution is 2.72. The summed E-state index contributed by atoms with van der Waals surface area (Å²) in [5.74, 6) is 3.46. The second kappa shape index (κ2) is 7.17. The van der Waals surface area contributed by atoms with E-state index in [2.05, 4.69) is 38.8 Å². The van der Waals surface area contributed by atoms with Crippen LogP contribution in [0.3, 0.4) is 0 Å². The predicted octanol–water partition coefficient (Wildman–Crippen LogP) is 5.31. The Kier molecular flexibility index (Phi) is 5.01. The lowest BCUT2D eigenvalue weighted by atomic mass is 9.45. The van der Waals surface area contributed by atoms with Gasteiger partial charge in [-0.2, -0.15) is 0 Å². The fourth-order valence-electron chi connectivity index (χ4n) is 9.54. The highest BCUT2D eigenvalue weighted by atomic mass is 16.6. The first-order chi connectivity index (χ1) is 14.7. The molecule has 0 aromatic carbocycles. The van der Waals surface area contributed by atoms with E-state index in [9.17, 15) is 4.79 Å². The third-order valence-electron chi connectivity index (χ3n) is 11.0. The van der Waals surface area contributed by atoms with Crippen molar-refractivity contribution in [3.63, 3.8) is 0 Å². The second-order valence-corrected chi connectivity index (χ2v) is 11.9. The topological polar surface area (TPSA) is 64.7 Å². The predicted molar refractivity (Wildman–Crippen MR) is 125 cm³/mol. The molecule has 5 aliphatic rings. The van der Waals surface area contributed by atoms with Crippen LogP contribution in [0.1, 0.15) is 85.5 Å². The van der Waals surface area contributed by atoms with Crippen LogP contribution in [-0.2, 0) is 9.53 Å². The molecule has 1 heterocycles. The molecule has 4 fully saturated rings. The fraction of sp³-hybridized carbons (Fsp3) is 0.852. The Morgan fingerprint density at radius 3 is 2.65 bits per heavy atom. The molecule has 7 unspecified atom stereocenters. The average molecular weight is 427 g/mol. The van der Waals surface area contributed by atoms with Gasteiger partial charge >= 0.3 is 5.97 Å². The highest BCUT2D eigenvalue weighted by molar-refractivity contribution is 5.97. The summed E-state index contributed by atoms with van der Waals surface area (Å²) >= 11 is 0. The van der Waals surface area contributed by atoms with Crippen LogP contribution in [0.2, 0.25) is 0 Å². The van der Waals surface area contributed by atoms with Crippen LogP contribution < -0.4 is 5.73 Å². The number of carbonyl (C=O) groups is 1. The third-order valence-corrected chi connectivity index (χ3v) is 11.0. The minimum absolute atomic E-state index is 0.0241. The van der Waals surface area contributed by atoms with Gasteiger partial charge in [-0.15, -0.1) is 0 Å². The summed E-state index contributed by atoms with van der Waals surface area (Å²) in [5.41, 5.74) is 9.71. The Morgan fingerprint density at radius 2 is 2.00 bits per heavy atom. The van der Waals surface area contributed by atoms with Crippen LogP contribution in [0.25, 0.3) is 0 Å². The van der Waals surface area contributed by atoms with Gasteiger partial charge in [0, 0.05) is 30.1 Å². The average Bonchev–Trinajstić information content (AvgIpc) is 3.22. The lowest BCUT2D eigenvalue weighted by Gasteiger charge is -2.61. The van der Waals surface area contributed by atoms with Crippen molar-refractivity contribution in [1.82, 2.24) is 0 Å². The number of carbonyl (C=O) groups excluding carboxylic acids is 1. The molecule has 1 aliphatic heterocycles. The van der Waals surface area contributed by atoms with E-state index in [4.69, 9.17) is 10.5 Å². The Balaban J connectivity index is 1.60. The number of esters is 1. The summed E-state index contributed by atoms with van der Waals surface area (Å²) in [5, 5.41) is 0. The van der Waals surface area contributed by atoms with Crippen LogP contribution in [0, 0.1) is 40.9 Å². The normalized spacial score (nSPS) is 52.5. The number of allylic oxidation sites excluding steroid dienone is 1. The van der Waals surface area contributed by atoms with Gasteiger partial charge < -0.3 is 10.5 Å². The maximum Gasteiger partial charge on any atom is 0.306 e. The van der Waals surface area contributed by atoms with Gasteiger partial charge in [0.2, 0.25) is 0 Å². The molecule has 3 saturated carbocycles. The summed E-state index contributed by atoms with van der Waals surface area (Å²) in [4.78, 5) is 16.9. The van der Waals surface area contributed by atoms with E-state index < -0.39 is 0 Å². The van der Waals surface area contributed by atoms with E-state index >= 15 is 0 Å². The van der Waals surface area contributed by atoms with Gasteiger partial charge in [-0.3, -0.25) is 9.79 Å². The summed E-state index contributed by atoms with van der Waals surface area (Å²) in [6, 6.07) is 0. The third kappa shape index (κ3) is 2.69. The molecule has 0 aromatic rings. The zero-order chi connectivity index (χ0) is 22.2. The van der Waals surface area contributed by atoms with Gasteiger partial charge in [0.1, 0.15) is 5.60 Å². The van der Waals surface area contributed by atoms with E-state index in [0.29, 0.717) is 41.9 Å². The Labute approximate surface area is 188 Å². The van der Waals surface area contributed by atoms with Crippen LogP contribution in [0.15, 0.2) is 16.6 Å². The summed E-state index contributed by atoms with van der Waals surface area (Å²) in [7, 11) is 1.92. The summed E-state index contributed by atoms with van der Waals surface area (Å²) in [6.45, 7) is 9.63. The fourth-order valence-corrected chi connectivity index (χ4v) is 9.54. The van der Waals surface area contributed by atoms with E-state index in [1.54, 1.807) is 0 Å². The monoisotopic (exact) mass is 426 g/mol. The maximum absolute atomic E-state index is 12.4. The van der Waals surface area contributed by atoms with Crippen molar-refractivity contribution in [2.24, 2.45) is 51.6 Å². The number of nitrogens with two attached hydrogens (primary N) is 1. The standard InChI is InChI=1S/C27H42N2O2/c1-6-7-18-14-19-15-20(29-5)8-12-26(19,28)21-9-11-25(4)24(23(18)21)16(2)17(3)27(25)13-10-22(30)31-27/h15-18,21,23-24H,6-14,28H2,1-5H3/t16-,17?,18?,21?,23?,24?,25-,26?,27?/m0/s1. The summed E-state index contributed by atoms with van der Waals surface area (Å²) < 4.78 is 6.30. The molecule has 172 valence electrons. The first-order valence-corrected chi connectivity index (χ1v) is 12.9. The number of hydrogen-bond acceptors (Lipinski definition) is 4. The minimum atomic E-state index is -0.262. The van der Waals surface area contributed by atoms with Crippen molar-refractivity contribution >= 4 is 11.7 Å². The second-order valence-electron chi connectivity index (χ2n) is 11.9. The Morgan fingerprint density at radius 1 is 1.23 bits per heavy atom. The van der Waals surface area contributed by atoms with Gasteiger partial charge in [0.25, 0.3) is 0 Å². The zero-order valence-electron chi connectivity index (χ0n) is 20.2. The zero-order valence-corrected chi connectivity index (χ0v) is 20.2. The first kappa shape index (κ1) is 21.7. The van der Waals surface area contributed by atoms with Gasteiger partial charge in [0.05, 0.1) is 0 Å². The van der Waals surface area contributed by atoms with Gasteiger partial charge in [-0.1, -0.05) is 40.5 Å². The molecule has 5 rings (SSSR count). The number of hydrogen-bond donors (Lipinski definition) is 1. The van der Waals surface area contributed by atoms with E-state index in [1.165, 1.54) is 30.5 Å². The SMILES string of the molecule is CCCC1CC2=CC(=NC)CCC2(N)C2CC[C@@]3(C)C(C12)[C@@H](C)C(C)C31CCC(=O)O1. The lowest BCUT2D eigenvalue weighted by Crippen LogP contribution is -2.63.